The van der Waals surface area contributed by atoms with Crippen molar-refractivity contribution < 1.29 is 54.5 Å². The predicted molar refractivity (Wildman–Crippen MR) is 113 cm³/mol. The molecule has 0 radical (unpaired) electrons. The molecule has 37 heavy (non-hydrogen) atoms. The van der Waals surface area contributed by atoms with Crippen LogP contribution in [-0.4, -0.2) is 35.0 Å². The first-order chi connectivity index (χ1) is 17.1. The lowest BCUT2D eigenvalue weighted by molar-refractivity contribution is -0.154. The fourth-order valence-electron chi connectivity index (χ4n) is 3.44. The smallest absolute Gasteiger partial charge is 0.421 e. The topological polar surface area (TPSA) is 68.7 Å². The van der Waals surface area contributed by atoms with Crippen molar-refractivity contribution in [3.8, 4) is 11.6 Å². The molecular weight excluding hydrogens is 542 g/mol. The number of halogens is 9. The molecule has 2 unspecified atom stereocenters. The molecule has 5 nitrogen and oxygen atoms in total. The summed E-state index contributed by atoms with van der Waals surface area (Å²) in [6.45, 7) is -0.535. The highest BCUT2D eigenvalue weighted by atomic mass is 35.5. The minimum atomic E-state index is -5.26. The summed E-state index contributed by atoms with van der Waals surface area (Å²) in [4.78, 5) is 14.7. The maximum atomic E-state index is 14.8. The van der Waals surface area contributed by atoms with Crippen molar-refractivity contribution in [3.05, 3.63) is 76.2 Å². The maximum absolute atomic E-state index is 14.8. The Morgan fingerprint density at radius 3 is 2.43 bits per heavy atom. The first-order valence-electron chi connectivity index (χ1n) is 10.2. The van der Waals surface area contributed by atoms with Gasteiger partial charge in [-0.1, -0.05) is 35.9 Å². The number of aromatic nitrogens is 1. The average Bonchev–Trinajstić information content (AvgIpc) is 2.79. The molecule has 0 saturated heterocycles. The zero-order valence-corrected chi connectivity index (χ0v) is 19.3. The van der Waals surface area contributed by atoms with Crippen molar-refractivity contribution in [2.45, 2.75) is 31.0 Å². The molecule has 2 aromatic rings. The Labute approximate surface area is 209 Å². The third-order valence-corrected chi connectivity index (χ3v) is 5.65. The zero-order valence-electron chi connectivity index (χ0n) is 18.5. The van der Waals surface area contributed by atoms with Crippen LogP contribution < -0.4 is 9.47 Å². The number of hydrogen-bond donors (Lipinski definition) is 1. The summed E-state index contributed by atoms with van der Waals surface area (Å²) in [7, 11) is 0. The highest BCUT2D eigenvalue weighted by Gasteiger charge is 2.46. The van der Waals surface area contributed by atoms with Crippen LogP contribution in [0.15, 0.2) is 59.5 Å². The second-order valence-corrected chi connectivity index (χ2v) is 8.29. The van der Waals surface area contributed by atoms with Crippen LogP contribution in [0, 0.1) is 12.8 Å². The predicted octanol–water partition coefficient (Wildman–Crippen LogP) is 6.65. The summed E-state index contributed by atoms with van der Waals surface area (Å²) in [5.74, 6) is -11.5. The van der Waals surface area contributed by atoms with Crippen LogP contribution >= 0.6 is 11.6 Å². The van der Waals surface area contributed by atoms with Gasteiger partial charge in [0.1, 0.15) is 23.1 Å². The Hall–Kier alpha value is -3.35. The first kappa shape index (κ1) is 28.2. The number of carbonyl (C=O) groups is 1. The van der Waals surface area contributed by atoms with Crippen molar-refractivity contribution in [2.75, 3.05) is 6.61 Å². The van der Waals surface area contributed by atoms with Gasteiger partial charge in [0.25, 0.3) is 0 Å². The van der Waals surface area contributed by atoms with E-state index in [-0.39, 0.29) is 11.6 Å². The number of pyridine rings is 1. The number of nitrogens with zero attached hydrogens (tertiary/aromatic N) is 1. The minimum absolute atomic E-state index is 0.140. The van der Waals surface area contributed by atoms with Gasteiger partial charge in [-0.3, -0.25) is 4.79 Å². The van der Waals surface area contributed by atoms with Gasteiger partial charge in [-0.2, -0.15) is 22.0 Å². The van der Waals surface area contributed by atoms with Crippen LogP contribution in [0.1, 0.15) is 16.7 Å². The van der Waals surface area contributed by atoms with E-state index in [4.69, 9.17) is 16.3 Å². The van der Waals surface area contributed by atoms with Crippen LogP contribution in [0.4, 0.5) is 35.1 Å². The summed E-state index contributed by atoms with van der Waals surface area (Å²) < 4.78 is 117. The number of carboxylic acids is 1. The summed E-state index contributed by atoms with van der Waals surface area (Å²) in [5.41, 5.74) is -3.32. The largest absolute Gasteiger partial charge is 0.480 e. The van der Waals surface area contributed by atoms with Gasteiger partial charge in [0.05, 0.1) is 11.2 Å². The normalized spacial score (nSPS) is 20.4. The lowest BCUT2D eigenvalue weighted by Gasteiger charge is -2.36. The molecule has 2 atom stereocenters. The summed E-state index contributed by atoms with van der Waals surface area (Å²) in [6.07, 6.45) is -7.36. The SMILES string of the molecule is Cc1ccccc1C1(Oc2cnc(OCC(F)(F)C(F)F)c(C(F)(F)F)c2)C=C(F)C(C(=O)O)C=C1Cl. The Bertz CT molecular complexity index is 1250. The van der Waals surface area contributed by atoms with E-state index in [1.165, 1.54) is 12.1 Å². The third kappa shape index (κ3) is 5.81. The van der Waals surface area contributed by atoms with Gasteiger partial charge >= 0.3 is 24.5 Å². The monoisotopic (exact) mass is 557 g/mol. The van der Waals surface area contributed by atoms with Crippen molar-refractivity contribution in [3.63, 3.8) is 0 Å². The second-order valence-electron chi connectivity index (χ2n) is 7.88. The van der Waals surface area contributed by atoms with Crippen molar-refractivity contribution in [2.24, 2.45) is 5.92 Å². The minimum Gasteiger partial charge on any atom is -0.480 e. The van der Waals surface area contributed by atoms with Crippen LogP contribution in [0.2, 0.25) is 0 Å². The van der Waals surface area contributed by atoms with Crippen LogP contribution in [0.3, 0.4) is 0 Å². The number of aliphatic carboxylic acids is 1. The van der Waals surface area contributed by atoms with E-state index in [0.29, 0.717) is 17.8 Å². The van der Waals surface area contributed by atoms with Gasteiger partial charge in [-0.15, -0.1) is 0 Å². The first-order valence-corrected chi connectivity index (χ1v) is 10.6. The van der Waals surface area contributed by atoms with Gasteiger partial charge < -0.3 is 14.6 Å². The highest BCUT2D eigenvalue weighted by molar-refractivity contribution is 6.31. The molecule has 3 rings (SSSR count). The van der Waals surface area contributed by atoms with Crippen LogP contribution in [0.25, 0.3) is 0 Å². The second kappa shape index (κ2) is 10.2. The Balaban J connectivity index is 2.11. The number of alkyl halides is 7. The van der Waals surface area contributed by atoms with E-state index in [1.54, 1.807) is 19.1 Å². The molecular formula is C23H16ClF8NO4. The molecule has 1 N–H and O–H groups in total. The summed E-state index contributed by atoms with van der Waals surface area (Å²) in [6, 6.07) is 6.34. The Morgan fingerprint density at radius 2 is 1.86 bits per heavy atom. The number of ether oxygens (including phenoxy) is 2. The lowest BCUT2D eigenvalue weighted by Crippen LogP contribution is -2.37. The molecule has 1 aromatic heterocycles. The van der Waals surface area contributed by atoms with Crippen molar-refractivity contribution >= 4 is 17.6 Å². The lowest BCUT2D eigenvalue weighted by atomic mass is 9.83. The van der Waals surface area contributed by atoms with E-state index in [9.17, 15) is 45.0 Å². The summed E-state index contributed by atoms with van der Waals surface area (Å²) in [5, 5.41) is 8.83. The maximum Gasteiger partial charge on any atom is 0.421 e. The van der Waals surface area contributed by atoms with E-state index in [1.807, 2.05) is 0 Å². The molecule has 0 saturated carbocycles. The van der Waals surface area contributed by atoms with Crippen molar-refractivity contribution in [1.82, 2.24) is 4.98 Å². The van der Waals surface area contributed by atoms with Crippen LogP contribution in [0.5, 0.6) is 11.6 Å². The van der Waals surface area contributed by atoms with Gasteiger partial charge in [-0.25, -0.2) is 18.2 Å². The molecule has 0 spiro atoms. The van der Waals surface area contributed by atoms with E-state index in [0.717, 1.165) is 6.08 Å². The number of aryl methyl sites for hydroxylation is 1. The number of hydrogen-bond acceptors (Lipinski definition) is 4. The molecule has 1 aromatic carbocycles. The zero-order chi connectivity index (χ0) is 27.8. The average molecular weight is 558 g/mol. The number of rotatable bonds is 8. The molecule has 0 amide bonds. The van der Waals surface area contributed by atoms with E-state index >= 15 is 0 Å². The standard InChI is InChI=1S/C23H16ClF8NO4/c1-11-4-2-3-5-14(11)21(8-16(25)13(19(34)35)7-17(21)24)37-12-6-15(23(30,31)32)18(33-9-12)36-10-22(28,29)20(26)27/h2-9,13,20H,10H2,1H3,(H,34,35). The van der Waals surface area contributed by atoms with Crippen LogP contribution in [-0.2, 0) is 16.6 Å². The molecule has 1 heterocycles. The Kier molecular flexibility index (Phi) is 7.77. The molecule has 200 valence electrons. The molecule has 1 aliphatic carbocycles. The number of carboxylic acid groups (broad SMARTS) is 1. The fourth-order valence-corrected chi connectivity index (χ4v) is 3.76. The highest BCUT2D eigenvalue weighted by Crippen LogP contribution is 2.47. The Morgan fingerprint density at radius 1 is 1.22 bits per heavy atom. The van der Waals surface area contributed by atoms with Gasteiger partial charge in [-0.05, 0) is 24.6 Å². The molecule has 0 bridgehead atoms. The molecule has 0 aliphatic heterocycles. The number of benzene rings is 1. The van der Waals surface area contributed by atoms with Gasteiger partial charge in [0, 0.05) is 11.6 Å². The molecule has 14 heteroatoms. The fraction of sp³-hybridized carbons (Fsp3) is 0.304. The summed E-state index contributed by atoms with van der Waals surface area (Å²) >= 11 is 6.33. The van der Waals surface area contributed by atoms with Gasteiger partial charge in [0.2, 0.25) is 5.88 Å². The molecule has 0 fully saturated rings. The van der Waals surface area contributed by atoms with Gasteiger partial charge in [0.15, 0.2) is 12.2 Å². The quantitative estimate of drug-likeness (QED) is 0.368. The van der Waals surface area contributed by atoms with E-state index < -0.39 is 70.7 Å². The molecule has 1 aliphatic rings. The van der Waals surface area contributed by atoms with E-state index in [2.05, 4.69) is 9.72 Å². The van der Waals surface area contributed by atoms with Crippen molar-refractivity contribution in [1.29, 1.82) is 0 Å². The third-order valence-electron chi connectivity index (χ3n) is 5.25.